The van der Waals surface area contributed by atoms with Gasteiger partial charge >= 0.3 is 5.91 Å². The zero-order valence-corrected chi connectivity index (χ0v) is 16.9. The highest BCUT2D eigenvalue weighted by Crippen LogP contribution is 2.33. The molecule has 1 atom stereocenters. The number of amides is 2. The number of allylic oxidation sites excluding steroid dienone is 1. The Hall–Kier alpha value is -2.44. The predicted molar refractivity (Wildman–Crippen MR) is 111 cm³/mol. The fourth-order valence-electron chi connectivity index (χ4n) is 3.53. The van der Waals surface area contributed by atoms with Gasteiger partial charge in [-0.15, -0.1) is 0 Å². The highest BCUT2D eigenvalue weighted by Gasteiger charge is 2.38. The number of hydrogen-bond donors (Lipinski definition) is 0. The summed E-state index contributed by atoms with van der Waals surface area (Å²) in [6.07, 6.45) is 7.70. The van der Waals surface area contributed by atoms with E-state index in [-0.39, 0.29) is 17.1 Å². The lowest BCUT2D eigenvalue weighted by atomic mass is 10.0. The summed E-state index contributed by atoms with van der Waals surface area (Å²) >= 11 is 1.53. The molecule has 2 aliphatic heterocycles. The van der Waals surface area contributed by atoms with Gasteiger partial charge in [-0.25, -0.2) is 4.79 Å². The number of fused-ring (bicyclic) bond motifs is 1. The molecule has 0 N–H and O–H groups in total. The largest absolute Gasteiger partial charge is 0.425 e. The van der Waals surface area contributed by atoms with Gasteiger partial charge in [0.15, 0.2) is 0 Å². The van der Waals surface area contributed by atoms with Crippen LogP contribution in [0.25, 0.3) is 6.08 Å². The fourth-order valence-corrected chi connectivity index (χ4v) is 4.74. The van der Waals surface area contributed by atoms with E-state index < -0.39 is 0 Å². The Balaban J connectivity index is 1.61. The summed E-state index contributed by atoms with van der Waals surface area (Å²) in [6.45, 7) is 4.40. The Bertz CT molecular complexity index is 952. The van der Waals surface area contributed by atoms with E-state index in [4.69, 9.17) is 4.74 Å². The van der Waals surface area contributed by atoms with Gasteiger partial charge in [0.2, 0.25) is 5.71 Å². The minimum atomic E-state index is -0.0394. The summed E-state index contributed by atoms with van der Waals surface area (Å²) in [5.74, 6) is -0.0417. The van der Waals surface area contributed by atoms with Gasteiger partial charge in [0, 0.05) is 24.7 Å². The van der Waals surface area contributed by atoms with Gasteiger partial charge in [0.1, 0.15) is 17.2 Å². The van der Waals surface area contributed by atoms with Crippen LogP contribution in [0.15, 0.2) is 53.0 Å². The summed E-state index contributed by atoms with van der Waals surface area (Å²) in [6, 6.07) is 8.10. The maximum Gasteiger partial charge on any atom is 0.425 e. The van der Waals surface area contributed by atoms with Crippen molar-refractivity contribution in [1.29, 1.82) is 0 Å². The molecule has 1 aromatic carbocycles. The van der Waals surface area contributed by atoms with E-state index >= 15 is 0 Å². The lowest BCUT2D eigenvalue weighted by molar-refractivity contribution is -0.413. The monoisotopic (exact) mass is 395 g/mol. The standard InChI is InChI=1S/C22H23N2O3S/c1-15-4-3-5-16(12-15)13-20-22(26)23(2)18-14-17(6-7-19(18)28-20)21(25)24-8-10-27-11-9-24/h3-7,12-14,19H,8-11H2,1-2H3/q+1/b20-13-. The lowest BCUT2D eigenvalue weighted by Crippen LogP contribution is -2.42. The molecule has 0 saturated carbocycles. The number of hydrogen-bond acceptors (Lipinski definition) is 4. The summed E-state index contributed by atoms with van der Waals surface area (Å²) < 4.78 is 6.99. The molecule has 1 unspecified atom stereocenters. The molecule has 1 saturated heterocycles. The number of rotatable bonds is 2. The number of aryl methyl sites for hydroxylation is 1. The van der Waals surface area contributed by atoms with Crippen LogP contribution < -0.4 is 0 Å². The smallest absolute Gasteiger partial charge is 0.378 e. The Labute approximate surface area is 169 Å². The molecule has 0 spiro atoms. The van der Waals surface area contributed by atoms with Crippen LogP contribution in [0.4, 0.5) is 0 Å². The van der Waals surface area contributed by atoms with Gasteiger partial charge in [-0.05, 0) is 18.6 Å². The first-order valence-corrected chi connectivity index (χ1v) is 10.3. The van der Waals surface area contributed by atoms with Gasteiger partial charge < -0.3 is 9.64 Å². The van der Waals surface area contributed by atoms with Gasteiger partial charge in [-0.2, -0.15) is 4.58 Å². The van der Waals surface area contributed by atoms with Crippen LogP contribution >= 0.6 is 11.8 Å². The quantitative estimate of drug-likeness (QED) is 0.570. The topological polar surface area (TPSA) is 49.6 Å². The number of carbonyl (C=O) groups excluding carboxylic acids is 2. The van der Waals surface area contributed by atoms with E-state index in [2.05, 4.69) is 6.07 Å². The summed E-state index contributed by atoms with van der Waals surface area (Å²) in [7, 11) is 1.78. The van der Waals surface area contributed by atoms with Crippen LogP contribution in [0.5, 0.6) is 0 Å². The Morgan fingerprint density at radius 1 is 1.32 bits per heavy atom. The molecular weight excluding hydrogens is 372 g/mol. The number of benzene rings is 1. The van der Waals surface area contributed by atoms with E-state index in [1.165, 1.54) is 11.8 Å². The molecule has 0 radical (unpaired) electrons. The first-order valence-electron chi connectivity index (χ1n) is 9.40. The van der Waals surface area contributed by atoms with Crippen molar-refractivity contribution >= 4 is 35.4 Å². The molecule has 1 fully saturated rings. The molecule has 5 nitrogen and oxygen atoms in total. The molecular formula is C22H23N2O3S+. The maximum atomic E-state index is 12.9. The van der Waals surface area contributed by atoms with Crippen molar-refractivity contribution in [1.82, 2.24) is 4.90 Å². The van der Waals surface area contributed by atoms with Crippen molar-refractivity contribution < 1.29 is 18.9 Å². The van der Waals surface area contributed by atoms with Crippen LogP contribution in [0, 0.1) is 6.92 Å². The van der Waals surface area contributed by atoms with Crippen LogP contribution in [-0.4, -0.2) is 65.6 Å². The van der Waals surface area contributed by atoms with Crippen LogP contribution in [0.3, 0.4) is 0 Å². The Kier molecular flexibility index (Phi) is 5.33. The molecule has 4 rings (SSSR count). The van der Waals surface area contributed by atoms with E-state index in [1.54, 1.807) is 16.5 Å². The van der Waals surface area contributed by atoms with Gasteiger partial charge in [0.05, 0.1) is 13.2 Å². The number of likely N-dealkylation sites (N-methyl/N-ethyl adjacent to an activating group) is 1. The normalized spacial score (nSPS) is 23.7. The predicted octanol–water partition coefficient (Wildman–Crippen LogP) is 2.42. The molecule has 3 aliphatic rings. The maximum absolute atomic E-state index is 12.9. The first-order chi connectivity index (χ1) is 13.5. The summed E-state index contributed by atoms with van der Waals surface area (Å²) in [5, 5.41) is 0.0278. The minimum absolute atomic E-state index is 0.00236. The van der Waals surface area contributed by atoms with E-state index in [0.29, 0.717) is 36.8 Å². The molecule has 28 heavy (non-hydrogen) atoms. The van der Waals surface area contributed by atoms with Crippen LogP contribution in [0.2, 0.25) is 0 Å². The number of thioether (sulfide) groups is 1. The molecule has 1 aromatic rings. The minimum Gasteiger partial charge on any atom is -0.378 e. The highest BCUT2D eigenvalue weighted by molar-refractivity contribution is 8.05. The third-order valence-electron chi connectivity index (χ3n) is 5.09. The molecule has 1 aliphatic carbocycles. The van der Waals surface area contributed by atoms with Crippen molar-refractivity contribution in [2.24, 2.45) is 0 Å². The second kappa shape index (κ2) is 7.89. The number of ether oxygens (including phenoxy) is 1. The SMILES string of the molecule is Cc1cccc(/C=C2\SC3C=CC(C(=O)N4CCOCC4)=CC3=[N+](C)C2=O)c1. The van der Waals surface area contributed by atoms with Crippen molar-refractivity contribution in [2.45, 2.75) is 12.2 Å². The number of carbonyl (C=O) groups is 2. The van der Waals surface area contributed by atoms with Crippen molar-refractivity contribution in [2.75, 3.05) is 33.4 Å². The highest BCUT2D eigenvalue weighted by atomic mass is 32.2. The summed E-state index contributed by atoms with van der Waals surface area (Å²) in [4.78, 5) is 28.2. The van der Waals surface area contributed by atoms with Gasteiger partial charge in [0.25, 0.3) is 5.91 Å². The molecule has 6 heteroatoms. The van der Waals surface area contributed by atoms with Crippen LogP contribution in [-0.2, 0) is 14.3 Å². The zero-order chi connectivity index (χ0) is 19.7. The van der Waals surface area contributed by atoms with E-state index in [1.807, 2.05) is 49.4 Å². The second-order valence-corrected chi connectivity index (χ2v) is 8.30. The Morgan fingerprint density at radius 2 is 2.11 bits per heavy atom. The lowest BCUT2D eigenvalue weighted by Gasteiger charge is -2.28. The van der Waals surface area contributed by atoms with Crippen molar-refractivity contribution in [3.63, 3.8) is 0 Å². The average Bonchev–Trinajstić information content (AvgIpc) is 2.72. The molecule has 0 aromatic heterocycles. The third-order valence-corrected chi connectivity index (χ3v) is 6.29. The molecule has 144 valence electrons. The van der Waals surface area contributed by atoms with Crippen molar-refractivity contribution in [3.05, 3.63) is 64.1 Å². The van der Waals surface area contributed by atoms with E-state index in [0.717, 1.165) is 16.8 Å². The molecule has 0 bridgehead atoms. The van der Waals surface area contributed by atoms with Gasteiger partial charge in [-0.1, -0.05) is 53.7 Å². The first kappa shape index (κ1) is 18.9. The second-order valence-electron chi connectivity index (χ2n) is 7.11. The van der Waals surface area contributed by atoms with E-state index in [9.17, 15) is 9.59 Å². The number of morpholine rings is 1. The van der Waals surface area contributed by atoms with Crippen molar-refractivity contribution in [3.8, 4) is 0 Å². The fraction of sp³-hybridized carbons (Fsp3) is 0.318. The number of nitrogens with zero attached hydrogens (tertiary/aromatic N) is 2. The van der Waals surface area contributed by atoms with Crippen LogP contribution in [0.1, 0.15) is 11.1 Å². The van der Waals surface area contributed by atoms with Gasteiger partial charge in [-0.3, -0.25) is 4.79 Å². The molecule has 2 amide bonds. The average molecular weight is 396 g/mol. The zero-order valence-electron chi connectivity index (χ0n) is 16.1. The summed E-state index contributed by atoms with van der Waals surface area (Å²) in [5.41, 5.74) is 3.66. The molecule has 2 heterocycles. The Morgan fingerprint density at radius 3 is 2.86 bits per heavy atom. The third kappa shape index (κ3) is 3.75.